The maximum atomic E-state index is 13.5. The van der Waals surface area contributed by atoms with Gasteiger partial charge in [-0.15, -0.1) is 11.3 Å². The quantitative estimate of drug-likeness (QED) is 0.795. The molecule has 1 aromatic carbocycles. The molecule has 0 fully saturated rings. The van der Waals surface area contributed by atoms with Crippen molar-refractivity contribution in [1.82, 2.24) is 0 Å². The van der Waals surface area contributed by atoms with Crippen LogP contribution in [-0.4, -0.2) is 6.54 Å². The molecule has 0 atom stereocenters. The number of nitrogen functional groups attached to an aromatic ring is 1. The minimum absolute atomic E-state index is 0.0237. The van der Waals surface area contributed by atoms with Crippen molar-refractivity contribution in [2.24, 2.45) is 0 Å². The predicted octanol–water partition coefficient (Wildman–Crippen LogP) is 4.62. The van der Waals surface area contributed by atoms with Crippen molar-refractivity contribution < 1.29 is 4.39 Å². The molecule has 0 radical (unpaired) electrons. The lowest BCUT2D eigenvalue weighted by Crippen LogP contribution is -2.26. The van der Waals surface area contributed by atoms with Gasteiger partial charge in [0.2, 0.25) is 0 Å². The zero-order valence-corrected chi connectivity index (χ0v) is 13.2. The van der Waals surface area contributed by atoms with Gasteiger partial charge in [0.1, 0.15) is 5.82 Å². The molecule has 2 aromatic rings. The number of nitrogens with one attached hydrogen (secondary N) is 1. The van der Waals surface area contributed by atoms with Crippen molar-refractivity contribution in [3.05, 3.63) is 44.8 Å². The summed E-state index contributed by atoms with van der Waals surface area (Å²) in [4.78, 5) is 1.29. The number of rotatable bonds is 4. The molecule has 0 bridgehead atoms. The highest BCUT2D eigenvalue weighted by Gasteiger charge is 2.21. The van der Waals surface area contributed by atoms with Gasteiger partial charge in [-0.1, -0.05) is 19.9 Å². The Morgan fingerprint density at radius 1 is 1.42 bits per heavy atom. The Morgan fingerprint density at radius 3 is 2.79 bits per heavy atom. The Hall–Kier alpha value is -1.07. The molecule has 0 aliphatic carbocycles. The summed E-state index contributed by atoms with van der Waals surface area (Å²) in [5, 5.41) is 5.29. The van der Waals surface area contributed by atoms with Crippen LogP contribution in [0.5, 0.6) is 0 Å². The van der Waals surface area contributed by atoms with Crippen LogP contribution in [0.1, 0.15) is 18.7 Å². The molecule has 1 heterocycles. The van der Waals surface area contributed by atoms with Gasteiger partial charge >= 0.3 is 0 Å². The maximum absolute atomic E-state index is 13.5. The molecule has 0 aliphatic heterocycles. The molecule has 1 aromatic heterocycles. The monoisotopic (exact) mass is 342 g/mol. The zero-order valence-electron chi connectivity index (χ0n) is 10.8. The van der Waals surface area contributed by atoms with Crippen LogP contribution < -0.4 is 11.1 Å². The minimum atomic E-state index is -0.314. The zero-order chi connectivity index (χ0) is 14.0. The second-order valence-electron chi connectivity index (χ2n) is 5.07. The van der Waals surface area contributed by atoms with Crippen LogP contribution in [0.3, 0.4) is 0 Å². The molecule has 5 heteroatoms. The molecule has 0 amide bonds. The van der Waals surface area contributed by atoms with Gasteiger partial charge in [-0.05, 0) is 33.4 Å². The second kappa shape index (κ2) is 5.51. The van der Waals surface area contributed by atoms with Crippen LogP contribution in [0, 0.1) is 5.82 Å². The first kappa shape index (κ1) is 14.3. The molecule has 2 rings (SSSR count). The van der Waals surface area contributed by atoms with E-state index in [1.807, 2.05) is 6.07 Å². The Morgan fingerprint density at radius 2 is 2.16 bits per heavy atom. The highest BCUT2D eigenvalue weighted by molar-refractivity contribution is 9.10. The highest BCUT2D eigenvalue weighted by atomic mass is 79.9. The predicted molar refractivity (Wildman–Crippen MR) is 84.3 cm³/mol. The van der Waals surface area contributed by atoms with Crippen LogP contribution in [0.25, 0.3) is 0 Å². The van der Waals surface area contributed by atoms with Crippen molar-refractivity contribution in [3.8, 4) is 0 Å². The average molecular weight is 343 g/mol. The first-order valence-electron chi connectivity index (χ1n) is 5.92. The largest absolute Gasteiger partial charge is 0.397 e. The summed E-state index contributed by atoms with van der Waals surface area (Å²) in [5.74, 6) is -0.314. The van der Waals surface area contributed by atoms with Crippen LogP contribution in [0.15, 0.2) is 34.1 Å². The molecule has 3 N–H and O–H groups in total. The van der Waals surface area contributed by atoms with Crippen molar-refractivity contribution in [2.75, 3.05) is 17.6 Å². The number of halogens is 2. The Kier molecular flexibility index (Phi) is 4.16. The fraction of sp³-hybridized carbons (Fsp3) is 0.286. The van der Waals surface area contributed by atoms with Crippen LogP contribution in [0.2, 0.25) is 0 Å². The standard InChI is InChI=1S/C14H16BrFN2S/c1-14(2,13-4-3-5-19-13)8-18-12-7-10(16)9(15)6-11(12)17/h3-7,18H,8,17H2,1-2H3. The number of thiophene rings is 1. The minimum Gasteiger partial charge on any atom is -0.397 e. The summed E-state index contributed by atoms with van der Waals surface area (Å²) in [5.41, 5.74) is 7.03. The van der Waals surface area contributed by atoms with Crippen LogP contribution in [0.4, 0.5) is 15.8 Å². The number of hydrogen-bond acceptors (Lipinski definition) is 3. The van der Waals surface area contributed by atoms with Gasteiger partial charge in [-0.25, -0.2) is 4.39 Å². The van der Waals surface area contributed by atoms with Crippen molar-refractivity contribution in [3.63, 3.8) is 0 Å². The number of benzene rings is 1. The summed E-state index contributed by atoms with van der Waals surface area (Å²) in [7, 11) is 0. The van der Waals surface area contributed by atoms with E-state index < -0.39 is 0 Å². The Balaban J connectivity index is 2.13. The molecule has 0 unspecified atom stereocenters. The van der Waals surface area contributed by atoms with E-state index in [2.05, 4.69) is 46.5 Å². The summed E-state index contributed by atoms with van der Waals surface area (Å²) >= 11 is 4.84. The van der Waals surface area contributed by atoms with Gasteiger partial charge in [0.05, 0.1) is 15.8 Å². The van der Waals surface area contributed by atoms with E-state index >= 15 is 0 Å². The lowest BCUT2D eigenvalue weighted by atomic mass is 9.91. The van der Waals surface area contributed by atoms with E-state index in [0.717, 1.165) is 0 Å². The summed E-state index contributed by atoms with van der Waals surface area (Å²) in [6, 6.07) is 7.15. The van der Waals surface area contributed by atoms with Crippen molar-refractivity contribution in [2.45, 2.75) is 19.3 Å². The van der Waals surface area contributed by atoms with E-state index in [4.69, 9.17) is 5.73 Å². The molecule has 19 heavy (non-hydrogen) atoms. The first-order chi connectivity index (χ1) is 8.90. The number of hydrogen-bond donors (Lipinski definition) is 2. The molecule has 102 valence electrons. The number of nitrogens with two attached hydrogens (primary N) is 1. The average Bonchev–Trinajstić information content (AvgIpc) is 2.86. The Bertz CT molecular complexity index is 567. The van der Waals surface area contributed by atoms with Gasteiger partial charge < -0.3 is 11.1 Å². The maximum Gasteiger partial charge on any atom is 0.139 e. The second-order valence-corrected chi connectivity index (χ2v) is 6.87. The third-order valence-corrected chi connectivity index (χ3v) is 4.84. The lowest BCUT2D eigenvalue weighted by Gasteiger charge is -2.25. The fourth-order valence-corrected chi connectivity index (χ4v) is 3.00. The molecule has 0 spiro atoms. The molecule has 0 saturated heterocycles. The molecule has 0 saturated carbocycles. The topological polar surface area (TPSA) is 38.0 Å². The van der Waals surface area contributed by atoms with E-state index in [-0.39, 0.29) is 11.2 Å². The third kappa shape index (κ3) is 3.28. The van der Waals surface area contributed by atoms with E-state index in [0.29, 0.717) is 22.4 Å². The van der Waals surface area contributed by atoms with E-state index in [9.17, 15) is 4.39 Å². The Labute approximate surface area is 125 Å². The van der Waals surface area contributed by atoms with Gasteiger partial charge in [0, 0.05) is 22.9 Å². The molecule has 2 nitrogen and oxygen atoms in total. The molecular weight excluding hydrogens is 327 g/mol. The van der Waals surface area contributed by atoms with Crippen molar-refractivity contribution >= 4 is 38.6 Å². The SMILES string of the molecule is CC(C)(CNc1cc(F)c(Br)cc1N)c1cccs1. The van der Waals surface area contributed by atoms with Gasteiger partial charge in [-0.2, -0.15) is 0 Å². The smallest absolute Gasteiger partial charge is 0.139 e. The first-order valence-corrected chi connectivity index (χ1v) is 7.60. The van der Waals surface area contributed by atoms with Gasteiger partial charge in [0.15, 0.2) is 0 Å². The molecular formula is C14H16BrFN2S. The van der Waals surface area contributed by atoms with Gasteiger partial charge in [0.25, 0.3) is 0 Å². The molecule has 0 aliphatic rings. The normalized spacial score (nSPS) is 11.6. The lowest BCUT2D eigenvalue weighted by molar-refractivity contribution is 0.568. The van der Waals surface area contributed by atoms with Crippen LogP contribution in [-0.2, 0) is 5.41 Å². The fourth-order valence-electron chi connectivity index (χ4n) is 1.78. The highest BCUT2D eigenvalue weighted by Crippen LogP contribution is 2.30. The van der Waals surface area contributed by atoms with Crippen LogP contribution >= 0.6 is 27.3 Å². The van der Waals surface area contributed by atoms with Gasteiger partial charge in [-0.3, -0.25) is 0 Å². The van der Waals surface area contributed by atoms with E-state index in [1.54, 1.807) is 17.4 Å². The summed E-state index contributed by atoms with van der Waals surface area (Å²) in [6.07, 6.45) is 0. The van der Waals surface area contributed by atoms with E-state index in [1.165, 1.54) is 10.9 Å². The summed E-state index contributed by atoms with van der Waals surface area (Å²) < 4.78 is 13.9. The summed E-state index contributed by atoms with van der Waals surface area (Å²) in [6.45, 7) is 4.99. The van der Waals surface area contributed by atoms with Crippen molar-refractivity contribution in [1.29, 1.82) is 0 Å². The third-order valence-electron chi connectivity index (χ3n) is 3.00. The number of anilines is 2.